The highest BCUT2D eigenvalue weighted by molar-refractivity contribution is 5.96. The smallest absolute Gasteiger partial charge is 0.410 e. The summed E-state index contributed by atoms with van der Waals surface area (Å²) in [6, 6.07) is 7.23. The zero-order chi connectivity index (χ0) is 30.6. The van der Waals surface area contributed by atoms with Gasteiger partial charge in [-0.2, -0.15) is 19.6 Å². The molecule has 0 aliphatic carbocycles. The SMILES string of the molecule is CC(C)c1cnn2c(NCc3cccc(NC(=O)C4CCCCN4C(=O)OC(C)(C)C)c3)nc(N[C@H]3CCCOC3)nc12. The lowest BCUT2D eigenvalue weighted by Gasteiger charge is -2.35. The summed E-state index contributed by atoms with van der Waals surface area (Å²) in [6.07, 6.45) is 5.72. The van der Waals surface area contributed by atoms with Crippen LogP contribution in [0.1, 0.15) is 83.8 Å². The van der Waals surface area contributed by atoms with Gasteiger partial charge in [-0.25, -0.2) is 4.79 Å². The number of hydrogen-bond acceptors (Lipinski definition) is 9. The molecule has 12 heteroatoms. The predicted octanol–water partition coefficient (Wildman–Crippen LogP) is 5.18. The molecule has 2 aromatic heterocycles. The number of anilines is 3. The van der Waals surface area contributed by atoms with Crippen LogP contribution in [0.15, 0.2) is 30.5 Å². The van der Waals surface area contributed by atoms with Gasteiger partial charge in [-0.05, 0) is 76.5 Å². The van der Waals surface area contributed by atoms with E-state index in [-0.39, 0.29) is 17.9 Å². The highest BCUT2D eigenvalue weighted by Gasteiger charge is 2.35. The van der Waals surface area contributed by atoms with Gasteiger partial charge in [-0.1, -0.05) is 26.0 Å². The van der Waals surface area contributed by atoms with Gasteiger partial charge in [-0.15, -0.1) is 0 Å². The van der Waals surface area contributed by atoms with Gasteiger partial charge >= 0.3 is 6.09 Å². The number of fused-ring (bicyclic) bond motifs is 1. The molecule has 0 saturated carbocycles. The van der Waals surface area contributed by atoms with Crippen LogP contribution in [0, 0.1) is 0 Å². The van der Waals surface area contributed by atoms with Crippen LogP contribution in [0.25, 0.3) is 5.65 Å². The number of piperidine rings is 1. The first-order valence-corrected chi connectivity index (χ1v) is 15.3. The van der Waals surface area contributed by atoms with E-state index < -0.39 is 17.7 Å². The normalized spacial score (nSPS) is 19.3. The van der Waals surface area contributed by atoms with Crippen LogP contribution in [0.3, 0.4) is 0 Å². The summed E-state index contributed by atoms with van der Waals surface area (Å²) in [5.41, 5.74) is 2.78. The number of ether oxygens (including phenoxy) is 2. The van der Waals surface area contributed by atoms with Crippen molar-refractivity contribution in [2.75, 3.05) is 35.7 Å². The van der Waals surface area contributed by atoms with Gasteiger partial charge in [-0.3, -0.25) is 9.69 Å². The molecule has 3 N–H and O–H groups in total. The molecule has 2 saturated heterocycles. The van der Waals surface area contributed by atoms with E-state index in [0.717, 1.165) is 49.1 Å². The predicted molar refractivity (Wildman–Crippen MR) is 165 cm³/mol. The molecule has 2 aliphatic heterocycles. The molecule has 2 fully saturated rings. The van der Waals surface area contributed by atoms with Crippen LogP contribution in [0.5, 0.6) is 0 Å². The Kier molecular flexibility index (Phi) is 9.34. The number of aromatic nitrogens is 4. The Bertz CT molecular complexity index is 1430. The average Bonchev–Trinajstić information content (AvgIpc) is 3.40. The standard InChI is InChI=1S/C31H44N8O4/c1-20(2)24-18-33-39-26(24)36-28(35-23-12-9-15-42-19-23)37-29(39)32-17-21-10-8-11-22(16-21)34-27(40)25-13-6-7-14-38(25)30(41)43-31(3,4)5/h8,10-11,16,18,20,23,25H,6-7,9,12-15,17,19H2,1-5H3,(H,34,40)(H2,32,35,36,37)/t23-,25?/m0/s1. The molecular formula is C31H44N8O4. The molecule has 1 aromatic carbocycles. The zero-order valence-electron chi connectivity index (χ0n) is 25.9. The van der Waals surface area contributed by atoms with Crippen molar-refractivity contribution in [2.24, 2.45) is 0 Å². The number of benzene rings is 1. The minimum absolute atomic E-state index is 0.158. The van der Waals surface area contributed by atoms with E-state index in [1.54, 1.807) is 9.42 Å². The summed E-state index contributed by atoms with van der Waals surface area (Å²) >= 11 is 0. The Morgan fingerprint density at radius 2 is 1.98 bits per heavy atom. The van der Waals surface area contributed by atoms with Crippen molar-refractivity contribution in [1.82, 2.24) is 24.5 Å². The first kappa shape index (κ1) is 30.5. The second kappa shape index (κ2) is 13.2. The molecule has 2 aliphatic rings. The van der Waals surface area contributed by atoms with E-state index in [1.807, 2.05) is 51.2 Å². The summed E-state index contributed by atoms with van der Waals surface area (Å²) in [5.74, 6) is 1.15. The maximum absolute atomic E-state index is 13.3. The van der Waals surface area contributed by atoms with Crippen molar-refractivity contribution < 1.29 is 19.1 Å². The first-order valence-electron chi connectivity index (χ1n) is 15.3. The summed E-state index contributed by atoms with van der Waals surface area (Å²) in [6.45, 7) is 12.1. The van der Waals surface area contributed by atoms with Crippen LogP contribution in [-0.2, 0) is 20.8 Å². The number of likely N-dealkylation sites (tertiary alicyclic amines) is 1. The molecule has 0 spiro atoms. The lowest BCUT2D eigenvalue weighted by molar-refractivity contribution is -0.122. The molecule has 0 radical (unpaired) electrons. The molecule has 4 heterocycles. The van der Waals surface area contributed by atoms with E-state index in [1.165, 1.54) is 0 Å². The van der Waals surface area contributed by atoms with Crippen LogP contribution >= 0.6 is 0 Å². The molecule has 3 aromatic rings. The number of carbonyl (C=O) groups excluding carboxylic acids is 2. The monoisotopic (exact) mass is 592 g/mol. The fraction of sp³-hybridized carbons (Fsp3) is 0.581. The first-order chi connectivity index (χ1) is 20.6. The molecule has 1 unspecified atom stereocenters. The largest absolute Gasteiger partial charge is 0.444 e. The van der Waals surface area contributed by atoms with Gasteiger partial charge in [0.25, 0.3) is 0 Å². The van der Waals surface area contributed by atoms with E-state index >= 15 is 0 Å². The number of hydrogen-bond donors (Lipinski definition) is 3. The van der Waals surface area contributed by atoms with Gasteiger partial charge in [0.15, 0.2) is 5.65 Å². The maximum atomic E-state index is 13.3. The summed E-state index contributed by atoms with van der Waals surface area (Å²) < 4.78 is 12.9. The maximum Gasteiger partial charge on any atom is 0.410 e. The van der Waals surface area contributed by atoms with E-state index in [0.29, 0.717) is 43.7 Å². The van der Waals surface area contributed by atoms with Crippen molar-refractivity contribution in [1.29, 1.82) is 0 Å². The Hall–Kier alpha value is -3.93. The van der Waals surface area contributed by atoms with E-state index in [9.17, 15) is 9.59 Å². The summed E-state index contributed by atoms with van der Waals surface area (Å²) in [5, 5.41) is 14.4. The quantitative estimate of drug-likeness (QED) is 0.323. The number of carbonyl (C=O) groups is 2. The van der Waals surface area contributed by atoms with Crippen LogP contribution < -0.4 is 16.0 Å². The molecule has 5 rings (SSSR count). The molecule has 43 heavy (non-hydrogen) atoms. The third kappa shape index (κ3) is 7.73. The van der Waals surface area contributed by atoms with Gasteiger partial charge < -0.3 is 25.4 Å². The van der Waals surface area contributed by atoms with Crippen molar-refractivity contribution in [3.8, 4) is 0 Å². The van der Waals surface area contributed by atoms with Gasteiger partial charge in [0.2, 0.25) is 17.8 Å². The summed E-state index contributed by atoms with van der Waals surface area (Å²) in [4.78, 5) is 37.2. The van der Waals surface area contributed by atoms with E-state index in [4.69, 9.17) is 19.4 Å². The Labute approximate surface area is 252 Å². The molecule has 232 valence electrons. The number of rotatable bonds is 8. The number of nitrogens with zero attached hydrogens (tertiary/aromatic N) is 5. The molecule has 12 nitrogen and oxygen atoms in total. The molecule has 0 bridgehead atoms. The summed E-state index contributed by atoms with van der Waals surface area (Å²) in [7, 11) is 0. The van der Waals surface area contributed by atoms with Crippen molar-refractivity contribution in [3.63, 3.8) is 0 Å². The van der Waals surface area contributed by atoms with Gasteiger partial charge in [0, 0.05) is 30.9 Å². The highest BCUT2D eigenvalue weighted by Crippen LogP contribution is 2.25. The molecule has 2 atom stereocenters. The third-order valence-electron chi connectivity index (χ3n) is 7.59. The molecule has 2 amide bonds. The Morgan fingerprint density at radius 3 is 2.72 bits per heavy atom. The second-order valence-corrected chi connectivity index (χ2v) is 12.6. The van der Waals surface area contributed by atoms with Crippen molar-refractivity contribution in [3.05, 3.63) is 41.6 Å². The zero-order valence-corrected chi connectivity index (χ0v) is 25.9. The molecular weight excluding hydrogens is 548 g/mol. The lowest BCUT2D eigenvalue weighted by atomic mass is 10.0. The van der Waals surface area contributed by atoms with Crippen molar-refractivity contribution in [2.45, 2.75) is 96.9 Å². The van der Waals surface area contributed by atoms with E-state index in [2.05, 4.69) is 34.9 Å². The van der Waals surface area contributed by atoms with Gasteiger partial charge in [0.1, 0.15) is 11.6 Å². The second-order valence-electron chi connectivity index (χ2n) is 12.6. The number of amides is 2. The van der Waals surface area contributed by atoms with Crippen LogP contribution in [0.2, 0.25) is 0 Å². The minimum Gasteiger partial charge on any atom is -0.444 e. The average molecular weight is 593 g/mol. The minimum atomic E-state index is -0.625. The fourth-order valence-corrected chi connectivity index (χ4v) is 5.43. The van der Waals surface area contributed by atoms with Crippen LogP contribution in [0.4, 0.5) is 22.4 Å². The Balaban J connectivity index is 1.29. The third-order valence-corrected chi connectivity index (χ3v) is 7.59. The van der Waals surface area contributed by atoms with Crippen molar-refractivity contribution >= 4 is 35.2 Å². The number of nitrogens with one attached hydrogen (secondary N) is 3. The Morgan fingerprint density at radius 1 is 1.14 bits per heavy atom. The van der Waals surface area contributed by atoms with Crippen LogP contribution in [-0.4, -0.2) is 73.9 Å². The van der Waals surface area contributed by atoms with Gasteiger partial charge in [0.05, 0.1) is 18.8 Å². The topological polar surface area (TPSA) is 135 Å². The fourth-order valence-electron chi connectivity index (χ4n) is 5.43. The highest BCUT2D eigenvalue weighted by atomic mass is 16.6. The lowest BCUT2D eigenvalue weighted by Crippen LogP contribution is -2.51.